The summed E-state index contributed by atoms with van der Waals surface area (Å²) in [5, 5.41) is 12.1. The fourth-order valence-electron chi connectivity index (χ4n) is 1.57. The topological polar surface area (TPSA) is 105 Å². The van der Waals surface area contributed by atoms with Crippen LogP contribution in [-0.4, -0.2) is 21.8 Å². The normalized spacial score (nSPS) is 11.0. The molecule has 0 aliphatic rings. The van der Waals surface area contributed by atoms with Gasteiger partial charge in [-0.3, -0.25) is 9.59 Å². The highest BCUT2D eigenvalue weighted by molar-refractivity contribution is 6.45. The fraction of sp³-hybridized carbons (Fsp3) is 0. The molecule has 0 unspecified atom stereocenters. The van der Waals surface area contributed by atoms with Crippen molar-refractivity contribution < 1.29 is 14.7 Å². The minimum absolute atomic E-state index is 0.100. The average molecular weight is 283 g/mol. The summed E-state index contributed by atoms with van der Waals surface area (Å²) in [6.07, 6.45) is 2.29. The Morgan fingerprint density at radius 3 is 2.52 bits per heavy atom. The summed E-state index contributed by atoms with van der Waals surface area (Å²) < 4.78 is 0. The summed E-state index contributed by atoms with van der Waals surface area (Å²) in [4.78, 5) is 27.3. The van der Waals surface area contributed by atoms with Crippen LogP contribution < -0.4 is 11.1 Å². The lowest BCUT2D eigenvalue weighted by atomic mass is 10.1. The molecule has 0 atom stereocenters. The van der Waals surface area contributed by atoms with Gasteiger partial charge in [-0.2, -0.15) is 0 Å². The van der Waals surface area contributed by atoms with Crippen LogP contribution in [0.4, 0.5) is 11.5 Å². The molecule has 0 radical (unpaired) electrons. The van der Waals surface area contributed by atoms with Gasteiger partial charge in [0, 0.05) is 17.8 Å². The summed E-state index contributed by atoms with van der Waals surface area (Å²) in [5.74, 6) is -2.02. The molecule has 0 aliphatic carbocycles. The van der Waals surface area contributed by atoms with E-state index in [1.54, 1.807) is 42.5 Å². The van der Waals surface area contributed by atoms with Crippen LogP contribution in [0.3, 0.4) is 0 Å². The van der Waals surface area contributed by atoms with Gasteiger partial charge in [0.1, 0.15) is 5.76 Å². The van der Waals surface area contributed by atoms with Crippen molar-refractivity contribution in [1.82, 2.24) is 4.98 Å². The monoisotopic (exact) mass is 283 g/mol. The molecule has 0 fully saturated rings. The van der Waals surface area contributed by atoms with E-state index in [4.69, 9.17) is 5.73 Å². The number of nitrogen functional groups attached to an aromatic ring is 1. The molecule has 0 bridgehead atoms. The Bertz CT molecular complexity index is 696. The van der Waals surface area contributed by atoms with E-state index in [0.717, 1.165) is 6.08 Å². The van der Waals surface area contributed by atoms with E-state index in [1.165, 1.54) is 6.20 Å². The van der Waals surface area contributed by atoms with Crippen molar-refractivity contribution in [1.29, 1.82) is 0 Å². The van der Waals surface area contributed by atoms with Crippen molar-refractivity contribution in [2.75, 3.05) is 11.1 Å². The van der Waals surface area contributed by atoms with Crippen LogP contribution in [-0.2, 0) is 9.59 Å². The van der Waals surface area contributed by atoms with Gasteiger partial charge in [0.15, 0.2) is 5.82 Å². The number of aliphatic hydroxyl groups excluding tert-OH is 1. The molecule has 4 N–H and O–H groups in total. The predicted molar refractivity (Wildman–Crippen MR) is 79.3 cm³/mol. The standard InChI is InChI=1S/C15H13N3O3/c16-11-7-4-8-17-14(11)18-15(21)13(20)9-12(19)10-5-2-1-3-6-10/h1-9,19H,16H2,(H,17,18,21)/b12-9-. The Morgan fingerprint density at radius 2 is 1.86 bits per heavy atom. The number of nitrogens with one attached hydrogen (secondary N) is 1. The van der Waals surface area contributed by atoms with Crippen LogP contribution in [0.15, 0.2) is 54.7 Å². The maximum atomic E-state index is 11.7. The van der Waals surface area contributed by atoms with Gasteiger partial charge < -0.3 is 16.2 Å². The molecule has 2 aromatic rings. The first-order chi connectivity index (χ1) is 10.1. The lowest BCUT2D eigenvalue weighted by Gasteiger charge is -2.04. The molecule has 0 saturated carbocycles. The van der Waals surface area contributed by atoms with Crippen LogP contribution in [0.25, 0.3) is 5.76 Å². The van der Waals surface area contributed by atoms with Gasteiger partial charge in [0.2, 0.25) is 5.78 Å². The first-order valence-electron chi connectivity index (χ1n) is 6.10. The number of hydrogen-bond acceptors (Lipinski definition) is 5. The third kappa shape index (κ3) is 3.66. The third-order valence-electron chi connectivity index (χ3n) is 2.63. The summed E-state index contributed by atoms with van der Waals surface area (Å²) in [6, 6.07) is 11.6. The number of benzene rings is 1. The molecule has 106 valence electrons. The summed E-state index contributed by atoms with van der Waals surface area (Å²) in [6.45, 7) is 0. The van der Waals surface area contributed by atoms with Gasteiger partial charge in [-0.15, -0.1) is 0 Å². The van der Waals surface area contributed by atoms with Gasteiger partial charge in [0.05, 0.1) is 5.69 Å². The number of pyridine rings is 1. The van der Waals surface area contributed by atoms with Crippen molar-refractivity contribution in [3.8, 4) is 0 Å². The summed E-state index contributed by atoms with van der Waals surface area (Å²) in [7, 11) is 0. The second-order valence-corrected chi connectivity index (χ2v) is 4.16. The lowest BCUT2D eigenvalue weighted by Crippen LogP contribution is -2.22. The van der Waals surface area contributed by atoms with Crippen LogP contribution >= 0.6 is 0 Å². The van der Waals surface area contributed by atoms with E-state index in [9.17, 15) is 14.7 Å². The van der Waals surface area contributed by atoms with Gasteiger partial charge in [-0.05, 0) is 12.1 Å². The maximum absolute atomic E-state index is 11.7. The van der Waals surface area contributed by atoms with Crippen molar-refractivity contribution in [3.63, 3.8) is 0 Å². The van der Waals surface area contributed by atoms with E-state index in [2.05, 4.69) is 10.3 Å². The molecule has 1 amide bonds. The van der Waals surface area contributed by atoms with Crippen molar-refractivity contribution in [3.05, 3.63) is 60.3 Å². The highest BCUT2D eigenvalue weighted by Gasteiger charge is 2.14. The van der Waals surface area contributed by atoms with E-state index in [-0.39, 0.29) is 17.3 Å². The molecular weight excluding hydrogens is 270 g/mol. The van der Waals surface area contributed by atoms with Gasteiger partial charge in [-0.25, -0.2) is 4.98 Å². The zero-order valence-electron chi connectivity index (χ0n) is 11.0. The molecule has 1 aromatic heterocycles. The Morgan fingerprint density at radius 1 is 1.14 bits per heavy atom. The number of aliphatic hydroxyl groups is 1. The summed E-state index contributed by atoms with van der Waals surface area (Å²) in [5.41, 5.74) is 6.29. The minimum Gasteiger partial charge on any atom is -0.507 e. The van der Waals surface area contributed by atoms with Crippen LogP contribution in [0.1, 0.15) is 5.56 Å². The molecule has 21 heavy (non-hydrogen) atoms. The van der Waals surface area contributed by atoms with Crippen LogP contribution in [0.5, 0.6) is 0 Å². The number of nitrogens with zero attached hydrogens (tertiary/aromatic N) is 1. The molecular formula is C15H13N3O3. The van der Waals surface area contributed by atoms with Crippen molar-refractivity contribution in [2.45, 2.75) is 0 Å². The van der Waals surface area contributed by atoms with E-state index < -0.39 is 11.7 Å². The molecule has 1 heterocycles. The molecule has 0 saturated heterocycles. The van der Waals surface area contributed by atoms with Gasteiger partial charge >= 0.3 is 0 Å². The first-order valence-corrected chi connectivity index (χ1v) is 6.10. The number of hydrogen-bond donors (Lipinski definition) is 3. The molecule has 6 nitrogen and oxygen atoms in total. The highest BCUT2D eigenvalue weighted by Crippen LogP contribution is 2.14. The Kier molecular flexibility index (Phi) is 4.30. The number of amides is 1. The highest BCUT2D eigenvalue weighted by atomic mass is 16.3. The second kappa shape index (κ2) is 6.33. The number of aromatic nitrogens is 1. The third-order valence-corrected chi connectivity index (χ3v) is 2.63. The smallest absolute Gasteiger partial charge is 0.297 e. The van der Waals surface area contributed by atoms with Gasteiger partial charge in [0.25, 0.3) is 5.91 Å². The Balaban J connectivity index is 2.10. The maximum Gasteiger partial charge on any atom is 0.297 e. The number of nitrogens with two attached hydrogens (primary N) is 1. The van der Waals surface area contributed by atoms with Crippen LogP contribution in [0.2, 0.25) is 0 Å². The van der Waals surface area contributed by atoms with E-state index >= 15 is 0 Å². The van der Waals surface area contributed by atoms with E-state index in [0.29, 0.717) is 5.56 Å². The number of carbonyl (C=O) groups excluding carboxylic acids is 2. The Labute approximate surface area is 120 Å². The second-order valence-electron chi connectivity index (χ2n) is 4.16. The Hall–Kier alpha value is -3.15. The zero-order valence-corrected chi connectivity index (χ0v) is 11.0. The lowest BCUT2D eigenvalue weighted by molar-refractivity contribution is -0.132. The van der Waals surface area contributed by atoms with Crippen LogP contribution in [0, 0.1) is 0 Å². The first kappa shape index (κ1) is 14.3. The number of ketones is 1. The van der Waals surface area contributed by atoms with E-state index in [1.807, 2.05) is 0 Å². The SMILES string of the molecule is Nc1cccnc1NC(=O)C(=O)/C=C(\O)c1ccccc1. The number of anilines is 2. The van der Waals surface area contributed by atoms with Crippen molar-refractivity contribution in [2.24, 2.45) is 0 Å². The van der Waals surface area contributed by atoms with Crippen molar-refractivity contribution >= 4 is 29.0 Å². The molecule has 6 heteroatoms. The quantitative estimate of drug-likeness (QED) is 0.450. The predicted octanol–water partition coefficient (Wildman–Crippen LogP) is 1.77. The number of carbonyl (C=O) groups is 2. The summed E-state index contributed by atoms with van der Waals surface area (Å²) >= 11 is 0. The number of rotatable bonds is 4. The molecule has 1 aromatic carbocycles. The zero-order chi connectivity index (χ0) is 15.2. The average Bonchev–Trinajstić information content (AvgIpc) is 2.50. The molecule has 2 rings (SSSR count). The largest absolute Gasteiger partial charge is 0.507 e. The minimum atomic E-state index is -0.928. The molecule has 0 spiro atoms. The fourth-order valence-corrected chi connectivity index (χ4v) is 1.57. The van der Waals surface area contributed by atoms with Gasteiger partial charge in [-0.1, -0.05) is 30.3 Å². The molecule has 0 aliphatic heterocycles.